The van der Waals surface area contributed by atoms with Crippen LogP contribution in [0, 0.1) is 11.6 Å². The second-order valence-electron chi connectivity index (χ2n) is 5.01. The minimum absolute atomic E-state index is 0.178. The summed E-state index contributed by atoms with van der Waals surface area (Å²) in [6, 6.07) is 4.15. The minimum atomic E-state index is -3.99. The molecule has 23 heavy (non-hydrogen) atoms. The Bertz CT molecular complexity index is 794. The summed E-state index contributed by atoms with van der Waals surface area (Å²) in [6.45, 7) is 1.15. The van der Waals surface area contributed by atoms with Crippen LogP contribution in [0.2, 0.25) is 0 Å². The lowest BCUT2D eigenvalue weighted by Gasteiger charge is -2.33. The molecule has 0 spiro atoms. The summed E-state index contributed by atoms with van der Waals surface area (Å²) >= 11 is 0. The summed E-state index contributed by atoms with van der Waals surface area (Å²) in [6.07, 6.45) is 3.22. The van der Waals surface area contributed by atoms with Crippen molar-refractivity contribution >= 4 is 16.0 Å². The smallest absolute Gasteiger partial charge is 0.246 e. The van der Waals surface area contributed by atoms with Crippen molar-refractivity contribution in [1.29, 1.82) is 0 Å². The molecule has 3 rings (SSSR count). The molecule has 0 amide bonds. The summed E-state index contributed by atoms with van der Waals surface area (Å²) in [7, 11) is -3.99. The Kier molecular flexibility index (Phi) is 4.22. The summed E-state index contributed by atoms with van der Waals surface area (Å²) in [5.41, 5.74) is 0. The normalized spacial score (nSPS) is 16.5. The maximum Gasteiger partial charge on any atom is 0.246 e. The van der Waals surface area contributed by atoms with Crippen molar-refractivity contribution < 1.29 is 17.2 Å². The fourth-order valence-corrected chi connectivity index (χ4v) is 3.87. The molecular weight excluding hydrogens is 326 g/mol. The number of aromatic nitrogens is 2. The largest absolute Gasteiger partial charge is 0.338 e. The van der Waals surface area contributed by atoms with Crippen molar-refractivity contribution in [2.75, 3.05) is 31.1 Å². The molecule has 1 fully saturated rings. The Morgan fingerprint density at radius 2 is 1.65 bits per heavy atom. The predicted molar refractivity (Wildman–Crippen MR) is 79.4 cm³/mol. The van der Waals surface area contributed by atoms with Gasteiger partial charge in [-0.3, -0.25) is 0 Å². The number of sulfonamides is 1. The Morgan fingerprint density at radius 3 is 2.26 bits per heavy atom. The van der Waals surface area contributed by atoms with Crippen LogP contribution in [0.5, 0.6) is 0 Å². The molecule has 0 N–H and O–H groups in total. The number of hydrogen-bond donors (Lipinski definition) is 0. The second kappa shape index (κ2) is 6.17. The van der Waals surface area contributed by atoms with Crippen LogP contribution >= 0.6 is 0 Å². The fraction of sp³-hybridized carbons (Fsp3) is 0.286. The molecule has 9 heteroatoms. The highest BCUT2D eigenvalue weighted by atomic mass is 32.2. The van der Waals surface area contributed by atoms with E-state index >= 15 is 0 Å². The van der Waals surface area contributed by atoms with Gasteiger partial charge in [-0.15, -0.1) is 0 Å². The van der Waals surface area contributed by atoms with Crippen molar-refractivity contribution in [1.82, 2.24) is 14.3 Å². The van der Waals surface area contributed by atoms with Crippen LogP contribution < -0.4 is 4.90 Å². The molecule has 0 unspecified atom stereocenters. The van der Waals surface area contributed by atoms with Crippen molar-refractivity contribution in [3.05, 3.63) is 48.3 Å². The molecule has 1 aromatic heterocycles. The highest BCUT2D eigenvalue weighted by molar-refractivity contribution is 7.89. The van der Waals surface area contributed by atoms with Gasteiger partial charge in [0.15, 0.2) is 0 Å². The molecule has 2 aromatic rings. The van der Waals surface area contributed by atoms with Crippen molar-refractivity contribution in [3.8, 4) is 0 Å². The zero-order valence-corrected chi connectivity index (χ0v) is 12.9. The third-order valence-electron chi connectivity index (χ3n) is 3.59. The number of rotatable bonds is 3. The summed E-state index contributed by atoms with van der Waals surface area (Å²) < 4.78 is 52.9. The van der Waals surface area contributed by atoms with E-state index in [1.807, 2.05) is 4.90 Å². The standard InChI is InChI=1S/C14H14F2N4O2S/c15-11-2-3-13(12(16)10-11)23(21,22)20-8-6-19(7-9-20)14-17-4-1-5-18-14/h1-5,10H,6-9H2. The molecular formula is C14H14F2N4O2S. The van der Waals surface area contributed by atoms with Crippen LogP contribution in [-0.4, -0.2) is 48.9 Å². The van der Waals surface area contributed by atoms with E-state index < -0.39 is 26.6 Å². The Morgan fingerprint density at radius 1 is 1.00 bits per heavy atom. The monoisotopic (exact) mass is 340 g/mol. The number of halogens is 2. The molecule has 1 aliphatic heterocycles. The highest BCUT2D eigenvalue weighted by Gasteiger charge is 2.31. The lowest BCUT2D eigenvalue weighted by Crippen LogP contribution is -2.49. The Labute approximate surface area is 132 Å². The third kappa shape index (κ3) is 3.15. The average Bonchev–Trinajstić information content (AvgIpc) is 2.55. The molecule has 0 aliphatic carbocycles. The lowest BCUT2D eigenvalue weighted by atomic mass is 10.3. The molecule has 1 aromatic carbocycles. The zero-order valence-electron chi connectivity index (χ0n) is 12.1. The zero-order chi connectivity index (χ0) is 16.4. The van der Waals surface area contributed by atoms with Gasteiger partial charge in [-0.05, 0) is 18.2 Å². The van der Waals surface area contributed by atoms with Gasteiger partial charge in [-0.25, -0.2) is 27.2 Å². The second-order valence-corrected chi connectivity index (χ2v) is 6.92. The molecule has 0 atom stereocenters. The van der Waals surface area contributed by atoms with Gasteiger partial charge < -0.3 is 4.90 Å². The minimum Gasteiger partial charge on any atom is -0.338 e. The Balaban J connectivity index is 1.76. The summed E-state index contributed by atoms with van der Waals surface area (Å²) in [5.74, 6) is -1.37. The van der Waals surface area contributed by atoms with E-state index in [1.165, 1.54) is 4.31 Å². The molecule has 1 saturated heterocycles. The van der Waals surface area contributed by atoms with Crippen LogP contribution in [0.15, 0.2) is 41.6 Å². The molecule has 122 valence electrons. The maximum atomic E-state index is 13.8. The van der Waals surface area contributed by atoms with Gasteiger partial charge in [0.2, 0.25) is 16.0 Å². The molecule has 6 nitrogen and oxygen atoms in total. The lowest BCUT2D eigenvalue weighted by molar-refractivity contribution is 0.380. The van der Waals surface area contributed by atoms with Crippen LogP contribution in [0.1, 0.15) is 0 Å². The Hall–Kier alpha value is -2.13. The fourth-order valence-electron chi connectivity index (χ4n) is 2.41. The first-order chi connectivity index (χ1) is 11.0. The van der Waals surface area contributed by atoms with Crippen LogP contribution in [0.3, 0.4) is 0 Å². The molecule has 2 heterocycles. The van der Waals surface area contributed by atoms with Crippen molar-refractivity contribution in [2.24, 2.45) is 0 Å². The van der Waals surface area contributed by atoms with E-state index in [-0.39, 0.29) is 13.1 Å². The van der Waals surface area contributed by atoms with Gasteiger partial charge in [0, 0.05) is 44.6 Å². The van der Waals surface area contributed by atoms with Crippen molar-refractivity contribution in [3.63, 3.8) is 0 Å². The quantitative estimate of drug-likeness (QED) is 0.842. The van der Waals surface area contributed by atoms with Gasteiger partial charge in [0.25, 0.3) is 0 Å². The number of hydrogen-bond acceptors (Lipinski definition) is 5. The molecule has 0 radical (unpaired) electrons. The number of benzene rings is 1. The summed E-state index contributed by atoms with van der Waals surface area (Å²) in [5, 5.41) is 0. The van der Waals surface area contributed by atoms with Crippen LogP contribution in [0.25, 0.3) is 0 Å². The van der Waals surface area contributed by atoms with E-state index in [1.54, 1.807) is 18.5 Å². The van der Waals surface area contributed by atoms with Crippen LogP contribution in [-0.2, 0) is 10.0 Å². The third-order valence-corrected chi connectivity index (χ3v) is 5.52. The first kappa shape index (κ1) is 15.8. The summed E-state index contributed by atoms with van der Waals surface area (Å²) in [4.78, 5) is 9.58. The van der Waals surface area contributed by atoms with E-state index in [9.17, 15) is 17.2 Å². The van der Waals surface area contributed by atoms with E-state index in [2.05, 4.69) is 9.97 Å². The average molecular weight is 340 g/mol. The molecule has 1 aliphatic rings. The number of anilines is 1. The van der Waals surface area contributed by atoms with Gasteiger partial charge in [0.1, 0.15) is 16.5 Å². The van der Waals surface area contributed by atoms with Gasteiger partial charge in [-0.2, -0.15) is 4.31 Å². The van der Waals surface area contributed by atoms with Gasteiger partial charge in [0.05, 0.1) is 0 Å². The number of piperazine rings is 1. The van der Waals surface area contributed by atoms with Crippen LogP contribution in [0.4, 0.5) is 14.7 Å². The highest BCUT2D eigenvalue weighted by Crippen LogP contribution is 2.22. The SMILES string of the molecule is O=S(=O)(c1ccc(F)cc1F)N1CCN(c2ncccn2)CC1. The van der Waals surface area contributed by atoms with E-state index in [0.717, 1.165) is 12.1 Å². The first-order valence-electron chi connectivity index (χ1n) is 6.95. The van der Waals surface area contributed by atoms with Gasteiger partial charge >= 0.3 is 0 Å². The maximum absolute atomic E-state index is 13.8. The van der Waals surface area contributed by atoms with Crippen molar-refractivity contribution in [2.45, 2.75) is 4.90 Å². The predicted octanol–water partition coefficient (Wildman–Crippen LogP) is 1.27. The topological polar surface area (TPSA) is 66.4 Å². The molecule has 0 bridgehead atoms. The molecule has 0 saturated carbocycles. The first-order valence-corrected chi connectivity index (χ1v) is 8.39. The van der Waals surface area contributed by atoms with E-state index in [4.69, 9.17) is 0 Å². The number of nitrogens with zero attached hydrogens (tertiary/aromatic N) is 4. The van der Waals surface area contributed by atoms with Gasteiger partial charge in [-0.1, -0.05) is 0 Å². The van der Waals surface area contributed by atoms with E-state index in [0.29, 0.717) is 25.1 Å².